The molecule has 0 aromatic heterocycles. The fourth-order valence-corrected chi connectivity index (χ4v) is 5.09. The summed E-state index contributed by atoms with van der Waals surface area (Å²) in [5.41, 5.74) is 0.427. The van der Waals surface area contributed by atoms with Crippen LogP contribution in [-0.2, 0) is 14.8 Å². The molecule has 7 nitrogen and oxygen atoms in total. The van der Waals surface area contributed by atoms with Crippen LogP contribution >= 0.6 is 11.6 Å². The van der Waals surface area contributed by atoms with Gasteiger partial charge in [0.15, 0.2) is 0 Å². The molecule has 3 rings (SSSR count). The maximum absolute atomic E-state index is 13.1. The van der Waals surface area contributed by atoms with Gasteiger partial charge >= 0.3 is 5.97 Å². The summed E-state index contributed by atoms with van der Waals surface area (Å²) < 4.78 is 32.3. The van der Waals surface area contributed by atoms with E-state index in [1.807, 2.05) is 0 Å². The summed E-state index contributed by atoms with van der Waals surface area (Å²) in [6.07, 6.45) is 3.62. The van der Waals surface area contributed by atoms with Crippen molar-refractivity contribution in [3.05, 3.63) is 58.6 Å². The molecular formula is C21H23ClN2O5S. The Kier molecular flexibility index (Phi) is 7.12. The van der Waals surface area contributed by atoms with Crippen molar-refractivity contribution < 1.29 is 22.7 Å². The van der Waals surface area contributed by atoms with E-state index in [9.17, 15) is 18.0 Å². The van der Waals surface area contributed by atoms with Gasteiger partial charge in [0.25, 0.3) is 5.91 Å². The van der Waals surface area contributed by atoms with Crippen molar-refractivity contribution in [2.75, 3.05) is 25.5 Å². The Balaban J connectivity index is 1.90. The predicted molar refractivity (Wildman–Crippen MR) is 114 cm³/mol. The molecule has 1 saturated heterocycles. The number of nitrogens with one attached hydrogen (secondary N) is 1. The van der Waals surface area contributed by atoms with Crippen LogP contribution in [0.25, 0.3) is 0 Å². The van der Waals surface area contributed by atoms with E-state index in [2.05, 4.69) is 5.32 Å². The molecule has 0 atom stereocenters. The Morgan fingerprint density at radius 1 is 1.00 bits per heavy atom. The molecule has 2 aromatic carbocycles. The maximum Gasteiger partial charge on any atom is 0.339 e. The number of benzene rings is 2. The lowest BCUT2D eigenvalue weighted by Crippen LogP contribution is -2.32. The monoisotopic (exact) mass is 450 g/mol. The number of halogens is 1. The highest BCUT2D eigenvalue weighted by molar-refractivity contribution is 7.89. The summed E-state index contributed by atoms with van der Waals surface area (Å²) in [6.45, 7) is 0.915. The number of esters is 1. The standard InChI is InChI=1S/C21H23ClN2O5S/c1-29-21(26)16-8-4-5-9-19(16)23-20(25)17-14-15(10-11-18(17)22)30(27,28)24-12-6-2-3-7-13-24/h4-5,8-11,14H,2-3,6-7,12-13H2,1H3,(H,23,25). The third-order valence-corrected chi connectivity index (χ3v) is 7.19. The van der Waals surface area contributed by atoms with Crippen molar-refractivity contribution >= 4 is 39.2 Å². The third kappa shape index (κ3) is 4.83. The predicted octanol–water partition coefficient (Wildman–Crippen LogP) is 3.94. The average molecular weight is 451 g/mol. The summed E-state index contributed by atoms with van der Waals surface area (Å²) in [7, 11) is -2.49. The van der Waals surface area contributed by atoms with Crippen molar-refractivity contribution in [1.29, 1.82) is 0 Å². The number of carbonyl (C=O) groups is 2. The van der Waals surface area contributed by atoms with E-state index in [0.717, 1.165) is 25.7 Å². The second-order valence-electron chi connectivity index (χ2n) is 6.95. The first kappa shape index (κ1) is 22.3. The second kappa shape index (κ2) is 9.59. The van der Waals surface area contributed by atoms with Crippen LogP contribution < -0.4 is 5.32 Å². The van der Waals surface area contributed by atoms with E-state index in [1.165, 1.54) is 35.7 Å². The molecule has 1 N–H and O–H groups in total. The molecule has 1 aliphatic rings. The number of sulfonamides is 1. The molecule has 1 amide bonds. The van der Waals surface area contributed by atoms with Crippen LogP contribution in [0.5, 0.6) is 0 Å². The highest BCUT2D eigenvalue weighted by Crippen LogP contribution is 2.26. The van der Waals surface area contributed by atoms with Gasteiger partial charge in [-0.2, -0.15) is 4.31 Å². The Hall–Kier alpha value is -2.42. The second-order valence-corrected chi connectivity index (χ2v) is 9.30. The molecule has 0 radical (unpaired) electrons. The normalized spacial score (nSPS) is 15.3. The zero-order valence-corrected chi connectivity index (χ0v) is 18.1. The minimum atomic E-state index is -3.74. The van der Waals surface area contributed by atoms with Gasteiger partial charge in [-0.3, -0.25) is 4.79 Å². The van der Waals surface area contributed by atoms with Crippen molar-refractivity contribution in [3.8, 4) is 0 Å². The third-order valence-electron chi connectivity index (χ3n) is 4.97. The fourth-order valence-electron chi connectivity index (χ4n) is 3.34. The van der Waals surface area contributed by atoms with E-state index in [4.69, 9.17) is 16.3 Å². The van der Waals surface area contributed by atoms with E-state index < -0.39 is 21.9 Å². The molecule has 0 bridgehead atoms. The SMILES string of the molecule is COC(=O)c1ccccc1NC(=O)c1cc(S(=O)(=O)N2CCCCCC2)ccc1Cl. The fraction of sp³-hybridized carbons (Fsp3) is 0.333. The lowest BCUT2D eigenvalue weighted by atomic mass is 10.1. The van der Waals surface area contributed by atoms with Crippen molar-refractivity contribution in [2.24, 2.45) is 0 Å². The number of rotatable bonds is 5. The zero-order valence-electron chi connectivity index (χ0n) is 16.6. The van der Waals surface area contributed by atoms with Gasteiger partial charge in [0.2, 0.25) is 10.0 Å². The minimum absolute atomic E-state index is 0.00670. The van der Waals surface area contributed by atoms with Crippen LogP contribution in [0.2, 0.25) is 5.02 Å². The van der Waals surface area contributed by atoms with Crippen LogP contribution in [0.4, 0.5) is 5.69 Å². The Labute approximate surface area is 181 Å². The highest BCUT2D eigenvalue weighted by Gasteiger charge is 2.27. The minimum Gasteiger partial charge on any atom is -0.465 e. The molecule has 0 unspecified atom stereocenters. The number of carbonyl (C=O) groups excluding carboxylic acids is 2. The number of para-hydroxylation sites is 1. The Bertz CT molecular complexity index is 1050. The van der Waals surface area contributed by atoms with Crippen LogP contribution in [0.1, 0.15) is 46.4 Å². The van der Waals surface area contributed by atoms with Crippen LogP contribution in [-0.4, -0.2) is 44.8 Å². The number of hydrogen-bond acceptors (Lipinski definition) is 5. The molecule has 0 spiro atoms. The van der Waals surface area contributed by atoms with Crippen LogP contribution in [0, 0.1) is 0 Å². The number of ether oxygens (including phenoxy) is 1. The largest absolute Gasteiger partial charge is 0.465 e. The van der Waals surface area contributed by atoms with Crippen molar-refractivity contribution in [2.45, 2.75) is 30.6 Å². The first-order valence-electron chi connectivity index (χ1n) is 9.63. The molecule has 0 aliphatic carbocycles. The molecule has 1 aliphatic heterocycles. The topological polar surface area (TPSA) is 92.8 Å². The smallest absolute Gasteiger partial charge is 0.339 e. The van der Waals surface area contributed by atoms with Crippen LogP contribution in [0.15, 0.2) is 47.4 Å². The first-order chi connectivity index (χ1) is 14.3. The zero-order chi connectivity index (χ0) is 21.7. The lowest BCUT2D eigenvalue weighted by Gasteiger charge is -2.20. The van der Waals surface area contributed by atoms with Crippen LogP contribution in [0.3, 0.4) is 0 Å². The molecule has 30 heavy (non-hydrogen) atoms. The maximum atomic E-state index is 13.1. The first-order valence-corrected chi connectivity index (χ1v) is 11.4. The van der Waals surface area contributed by atoms with Gasteiger partial charge in [0.1, 0.15) is 0 Å². The highest BCUT2D eigenvalue weighted by atomic mass is 35.5. The molecular weight excluding hydrogens is 428 g/mol. The van der Waals surface area contributed by atoms with Crippen molar-refractivity contribution in [3.63, 3.8) is 0 Å². The number of methoxy groups -OCH3 is 1. The summed E-state index contributed by atoms with van der Waals surface area (Å²) >= 11 is 6.19. The van der Waals surface area contributed by atoms with E-state index in [-0.39, 0.29) is 26.7 Å². The number of nitrogens with zero attached hydrogens (tertiary/aromatic N) is 1. The number of anilines is 1. The molecule has 2 aromatic rings. The lowest BCUT2D eigenvalue weighted by molar-refractivity contribution is 0.0602. The van der Waals surface area contributed by atoms with Gasteiger partial charge in [-0.1, -0.05) is 36.6 Å². The van der Waals surface area contributed by atoms with Gasteiger partial charge in [-0.05, 0) is 43.2 Å². The summed E-state index contributed by atoms with van der Waals surface area (Å²) in [4.78, 5) is 24.8. The molecule has 160 valence electrons. The van der Waals surface area contributed by atoms with Gasteiger partial charge in [0, 0.05) is 13.1 Å². The van der Waals surface area contributed by atoms with E-state index >= 15 is 0 Å². The molecule has 0 saturated carbocycles. The quantitative estimate of drug-likeness (QED) is 0.696. The summed E-state index contributed by atoms with van der Waals surface area (Å²) in [6, 6.07) is 10.4. The van der Waals surface area contributed by atoms with Crippen molar-refractivity contribution in [1.82, 2.24) is 4.31 Å². The molecule has 9 heteroatoms. The number of amides is 1. The van der Waals surface area contributed by atoms with E-state index in [0.29, 0.717) is 13.1 Å². The van der Waals surface area contributed by atoms with Gasteiger partial charge in [-0.25, -0.2) is 13.2 Å². The summed E-state index contributed by atoms with van der Waals surface area (Å²) in [5, 5.41) is 2.73. The number of hydrogen-bond donors (Lipinski definition) is 1. The van der Waals surface area contributed by atoms with E-state index in [1.54, 1.807) is 18.2 Å². The summed E-state index contributed by atoms with van der Waals surface area (Å²) in [5.74, 6) is -1.22. The van der Waals surface area contributed by atoms with Gasteiger partial charge in [0.05, 0.1) is 33.8 Å². The molecule has 1 fully saturated rings. The Morgan fingerprint density at radius 3 is 2.33 bits per heavy atom. The Morgan fingerprint density at radius 2 is 1.67 bits per heavy atom. The average Bonchev–Trinajstić information content (AvgIpc) is 3.04. The molecule has 1 heterocycles. The van der Waals surface area contributed by atoms with Gasteiger partial charge < -0.3 is 10.1 Å². The van der Waals surface area contributed by atoms with Gasteiger partial charge in [-0.15, -0.1) is 0 Å².